The summed E-state index contributed by atoms with van der Waals surface area (Å²) < 4.78 is 84.0. The van der Waals surface area contributed by atoms with Crippen molar-refractivity contribution in [2.24, 2.45) is 13.0 Å². The van der Waals surface area contributed by atoms with Crippen LogP contribution in [0.1, 0.15) is 51.9 Å². The van der Waals surface area contributed by atoms with Gasteiger partial charge in [0.15, 0.2) is 34.7 Å². The smallest absolute Gasteiger partial charge is 0.257 e. The first kappa shape index (κ1) is 35.2. The minimum Gasteiger partial charge on any atom is -0.392 e. The van der Waals surface area contributed by atoms with Crippen molar-refractivity contribution in [3.05, 3.63) is 136 Å². The largest absolute Gasteiger partial charge is 0.392 e. The van der Waals surface area contributed by atoms with Crippen LogP contribution in [0.2, 0.25) is 0 Å². The SMILES string of the molecule is CC1C(CSc2nncn2C)OC(c2cccc(-c3cccc(CNC(=O)c4c(F)c(F)c(F)c(F)c4F)c3)c2)OC1c1ccc(CO)cc1. The Morgan fingerprint density at radius 2 is 1.52 bits per heavy atom. The number of ether oxygens (including phenoxy) is 2. The normalized spacial score (nSPS) is 19.0. The van der Waals surface area contributed by atoms with E-state index in [2.05, 4.69) is 22.4 Å². The van der Waals surface area contributed by atoms with Crippen LogP contribution in [0.4, 0.5) is 22.0 Å². The fraction of sp³-hybridized carbons (Fsp3) is 0.250. The molecule has 1 saturated heterocycles. The van der Waals surface area contributed by atoms with Gasteiger partial charge in [-0.3, -0.25) is 4.79 Å². The fourth-order valence-electron chi connectivity index (χ4n) is 5.67. The lowest BCUT2D eigenvalue weighted by Gasteiger charge is -2.41. The molecule has 260 valence electrons. The summed E-state index contributed by atoms with van der Waals surface area (Å²) >= 11 is 1.53. The molecule has 0 saturated carbocycles. The molecule has 0 radical (unpaired) electrons. The topological polar surface area (TPSA) is 98.5 Å². The number of nitrogens with one attached hydrogen (secondary N) is 1. The van der Waals surface area contributed by atoms with Crippen molar-refractivity contribution in [2.45, 2.75) is 43.7 Å². The van der Waals surface area contributed by atoms with Crippen LogP contribution >= 0.6 is 11.8 Å². The monoisotopic (exact) mass is 710 g/mol. The molecule has 2 heterocycles. The first-order valence-electron chi connectivity index (χ1n) is 15.5. The Hall–Kier alpha value is -4.63. The van der Waals surface area contributed by atoms with Gasteiger partial charge in [-0.15, -0.1) is 10.2 Å². The fourth-order valence-corrected chi connectivity index (χ4v) is 6.72. The third-order valence-corrected chi connectivity index (χ3v) is 9.60. The zero-order valence-corrected chi connectivity index (χ0v) is 27.6. The molecule has 50 heavy (non-hydrogen) atoms. The Morgan fingerprint density at radius 1 is 0.860 bits per heavy atom. The second-order valence-electron chi connectivity index (χ2n) is 11.8. The number of carbonyl (C=O) groups is 1. The van der Waals surface area contributed by atoms with E-state index in [0.717, 1.165) is 33.0 Å². The summed E-state index contributed by atoms with van der Waals surface area (Å²) in [5.41, 5.74) is 2.92. The van der Waals surface area contributed by atoms with Crippen molar-refractivity contribution in [3.8, 4) is 11.1 Å². The number of halogens is 5. The number of benzene rings is 4. The van der Waals surface area contributed by atoms with Crippen molar-refractivity contribution >= 4 is 17.7 Å². The number of rotatable bonds is 10. The van der Waals surface area contributed by atoms with Gasteiger partial charge in [0, 0.05) is 30.8 Å². The van der Waals surface area contributed by atoms with Crippen LogP contribution in [0.5, 0.6) is 0 Å². The molecule has 1 fully saturated rings. The Morgan fingerprint density at radius 3 is 2.18 bits per heavy atom. The third-order valence-electron chi connectivity index (χ3n) is 8.48. The summed E-state index contributed by atoms with van der Waals surface area (Å²) in [6, 6.07) is 22.0. The Bertz CT molecular complexity index is 1980. The first-order valence-corrected chi connectivity index (χ1v) is 16.5. The summed E-state index contributed by atoms with van der Waals surface area (Å²) in [6.07, 6.45) is 0.306. The molecule has 0 aliphatic carbocycles. The van der Waals surface area contributed by atoms with Gasteiger partial charge in [-0.25, -0.2) is 22.0 Å². The maximum Gasteiger partial charge on any atom is 0.257 e. The van der Waals surface area contributed by atoms with Crippen molar-refractivity contribution in [1.82, 2.24) is 20.1 Å². The van der Waals surface area contributed by atoms with E-state index in [9.17, 15) is 31.9 Å². The lowest BCUT2D eigenvalue weighted by Crippen LogP contribution is -2.38. The highest BCUT2D eigenvalue weighted by atomic mass is 32.2. The summed E-state index contributed by atoms with van der Waals surface area (Å²) in [7, 11) is 1.87. The number of aliphatic hydroxyl groups is 1. The second kappa shape index (κ2) is 15.1. The van der Waals surface area contributed by atoms with Crippen LogP contribution in [0, 0.1) is 35.0 Å². The Balaban J connectivity index is 1.22. The number of hydrogen-bond donors (Lipinski definition) is 2. The molecule has 1 aromatic heterocycles. The van der Waals surface area contributed by atoms with E-state index < -0.39 is 46.8 Å². The summed E-state index contributed by atoms with van der Waals surface area (Å²) in [6.45, 7) is 1.74. The van der Waals surface area contributed by atoms with Crippen LogP contribution in [-0.4, -0.2) is 37.6 Å². The Labute approximate surface area is 288 Å². The highest BCUT2D eigenvalue weighted by Crippen LogP contribution is 2.43. The van der Waals surface area contributed by atoms with Gasteiger partial charge in [-0.2, -0.15) is 0 Å². The second-order valence-corrected chi connectivity index (χ2v) is 12.8. The van der Waals surface area contributed by atoms with E-state index in [-0.39, 0.29) is 31.3 Å². The molecule has 14 heteroatoms. The van der Waals surface area contributed by atoms with Gasteiger partial charge in [-0.05, 0) is 39.9 Å². The molecule has 1 aliphatic rings. The van der Waals surface area contributed by atoms with Crippen LogP contribution < -0.4 is 5.32 Å². The molecule has 4 atom stereocenters. The number of hydrogen-bond acceptors (Lipinski definition) is 7. The maximum absolute atomic E-state index is 14.2. The Kier molecular flexibility index (Phi) is 10.6. The van der Waals surface area contributed by atoms with Gasteiger partial charge in [0.1, 0.15) is 11.9 Å². The molecule has 1 amide bonds. The maximum atomic E-state index is 14.2. The first-order chi connectivity index (χ1) is 24.0. The molecular weight excluding hydrogens is 679 g/mol. The van der Waals surface area contributed by atoms with E-state index in [0.29, 0.717) is 11.3 Å². The zero-order chi connectivity index (χ0) is 35.5. The predicted octanol–water partition coefficient (Wildman–Crippen LogP) is 7.18. The number of thioether (sulfide) groups is 1. The molecule has 0 bridgehead atoms. The summed E-state index contributed by atoms with van der Waals surface area (Å²) in [5, 5.41) is 20.7. The van der Waals surface area contributed by atoms with Gasteiger partial charge >= 0.3 is 0 Å². The molecular formula is C36H31F5N4O4S. The van der Waals surface area contributed by atoms with Crippen molar-refractivity contribution in [3.63, 3.8) is 0 Å². The lowest BCUT2D eigenvalue weighted by atomic mass is 9.91. The highest BCUT2D eigenvalue weighted by molar-refractivity contribution is 7.99. The highest BCUT2D eigenvalue weighted by Gasteiger charge is 2.38. The van der Waals surface area contributed by atoms with Gasteiger partial charge in [0.05, 0.1) is 18.8 Å². The molecule has 6 rings (SSSR count). The molecule has 2 N–H and O–H groups in total. The zero-order valence-electron chi connectivity index (χ0n) is 26.7. The molecule has 1 aliphatic heterocycles. The van der Waals surface area contributed by atoms with E-state index in [1.807, 2.05) is 66.2 Å². The van der Waals surface area contributed by atoms with E-state index in [1.165, 1.54) is 11.8 Å². The average molecular weight is 711 g/mol. The van der Waals surface area contributed by atoms with E-state index >= 15 is 0 Å². The van der Waals surface area contributed by atoms with E-state index in [1.54, 1.807) is 24.5 Å². The summed E-state index contributed by atoms with van der Waals surface area (Å²) in [5.74, 6) is -12.1. The third kappa shape index (κ3) is 7.29. The number of nitrogens with zero attached hydrogens (tertiary/aromatic N) is 3. The molecule has 5 aromatic rings. The van der Waals surface area contributed by atoms with Gasteiger partial charge < -0.3 is 24.5 Å². The summed E-state index contributed by atoms with van der Waals surface area (Å²) in [4.78, 5) is 12.5. The van der Waals surface area contributed by atoms with Gasteiger partial charge in [-0.1, -0.05) is 79.3 Å². The predicted molar refractivity (Wildman–Crippen MR) is 174 cm³/mol. The average Bonchev–Trinajstić information content (AvgIpc) is 3.56. The minimum atomic E-state index is -2.34. The lowest BCUT2D eigenvalue weighted by molar-refractivity contribution is -0.268. The molecule has 4 aromatic carbocycles. The van der Waals surface area contributed by atoms with Crippen molar-refractivity contribution < 1.29 is 41.3 Å². The molecule has 4 unspecified atom stereocenters. The quantitative estimate of drug-likeness (QED) is 0.0686. The number of aromatic nitrogens is 3. The standard InChI is InChI=1S/C36H31F5N4O4S/c1-19-26(17-50-36-44-43-18-45(36)2)48-35(49-33(19)22-11-9-20(16-46)10-12-22)25-8-4-7-24(14-25)23-6-3-5-21(13-23)15-42-34(47)27-28(37)30(39)32(41)31(40)29(27)38/h3-14,18-19,26,33,35,46H,15-17H2,1-2H3,(H,42,47). The van der Waals surface area contributed by atoms with Crippen molar-refractivity contribution in [1.29, 1.82) is 0 Å². The van der Waals surface area contributed by atoms with Crippen LogP contribution in [-0.2, 0) is 29.7 Å². The molecule has 0 spiro atoms. The minimum absolute atomic E-state index is 0.0492. The van der Waals surface area contributed by atoms with Crippen LogP contribution in [0.15, 0.2) is 84.3 Å². The van der Waals surface area contributed by atoms with Gasteiger partial charge in [0.2, 0.25) is 5.82 Å². The number of amides is 1. The number of carbonyl (C=O) groups excluding carboxylic acids is 1. The van der Waals surface area contributed by atoms with Gasteiger partial charge in [0.25, 0.3) is 5.91 Å². The number of aryl methyl sites for hydroxylation is 1. The number of aliphatic hydroxyl groups excluding tert-OH is 1. The van der Waals surface area contributed by atoms with Crippen molar-refractivity contribution in [2.75, 3.05) is 5.75 Å². The molecule has 8 nitrogen and oxygen atoms in total. The van der Waals surface area contributed by atoms with Crippen LogP contribution in [0.3, 0.4) is 0 Å². The van der Waals surface area contributed by atoms with Crippen LogP contribution in [0.25, 0.3) is 11.1 Å². The van der Waals surface area contributed by atoms with E-state index in [4.69, 9.17) is 9.47 Å².